The third kappa shape index (κ3) is 1.61. The summed E-state index contributed by atoms with van der Waals surface area (Å²) in [4.78, 5) is 11.4. The third-order valence-corrected chi connectivity index (χ3v) is 2.38. The summed E-state index contributed by atoms with van der Waals surface area (Å²) in [6, 6.07) is 9.91. The average Bonchev–Trinajstić information content (AvgIpc) is 2.77. The number of aromatic amines is 1. The lowest BCUT2D eigenvalue weighted by molar-refractivity contribution is 1.17. The van der Waals surface area contributed by atoms with Crippen molar-refractivity contribution in [3.05, 3.63) is 48.9 Å². The molecule has 0 bridgehead atoms. The summed E-state index contributed by atoms with van der Waals surface area (Å²) >= 11 is 0. The van der Waals surface area contributed by atoms with Crippen LogP contribution in [-0.2, 0) is 0 Å². The lowest BCUT2D eigenvalue weighted by Crippen LogP contribution is -1.94. The Labute approximate surface area is 92.4 Å². The SMILES string of the molecule is c1cnc(Nc2ccc3[nH]ccc3c2)nc1. The first-order valence-electron chi connectivity index (χ1n) is 5.03. The van der Waals surface area contributed by atoms with Crippen LogP contribution in [0, 0.1) is 0 Å². The molecule has 1 aromatic carbocycles. The molecule has 3 rings (SSSR count). The molecule has 0 aliphatic heterocycles. The number of aromatic nitrogens is 3. The lowest BCUT2D eigenvalue weighted by Gasteiger charge is -2.03. The molecular formula is C12H10N4. The number of benzene rings is 1. The van der Waals surface area contributed by atoms with E-state index >= 15 is 0 Å². The minimum absolute atomic E-state index is 0.609. The Kier molecular flexibility index (Phi) is 2.04. The van der Waals surface area contributed by atoms with Crippen LogP contribution in [0.2, 0.25) is 0 Å². The number of nitrogens with one attached hydrogen (secondary N) is 2. The summed E-state index contributed by atoms with van der Waals surface area (Å²) in [6.07, 6.45) is 5.35. The van der Waals surface area contributed by atoms with Gasteiger partial charge in [-0.15, -0.1) is 0 Å². The number of fused-ring (bicyclic) bond motifs is 1. The van der Waals surface area contributed by atoms with Gasteiger partial charge in [-0.1, -0.05) is 0 Å². The number of hydrogen-bond donors (Lipinski definition) is 2. The summed E-state index contributed by atoms with van der Waals surface area (Å²) in [5.41, 5.74) is 2.11. The van der Waals surface area contributed by atoms with Crippen LogP contribution in [0.1, 0.15) is 0 Å². The van der Waals surface area contributed by atoms with E-state index in [0.29, 0.717) is 5.95 Å². The quantitative estimate of drug-likeness (QED) is 0.683. The van der Waals surface area contributed by atoms with Crippen molar-refractivity contribution in [3.63, 3.8) is 0 Å². The van der Waals surface area contributed by atoms with Gasteiger partial charge in [0.05, 0.1) is 0 Å². The van der Waals surface area contributed by atoms with Crippen LogP contribution in [0.25, 0.3) is 10.9 Å². The van der Waals surface area contributed by atoms with Crippen molar-refractivity contribution in [2.45, 2.75) is 0 Å². The molecule has 4 nitrogen and oxygen atoms in total. The fourth-order valence-corrected chi connectivity index (χ4v) is 1.62. The number of nitrogens with zero attached hydrogens (tertiary/aromatic N) is 2. The molecule has 0 aliphatic rings. The maximum Gasteiger partial charge on any atom is 0.227 e. The average molecular weight is 210 g/mol. The van der Waals surface area contributed by atoms with Gasteiger partial charge in [-0.2, -0.15) is 0 Å². The van der Waals surface area contributed by atoms with Gasteiger partial charge in [0, 0.05) is 35.2 Å². The zero-order valence-electron chi connectivity index (χ0n) is 8.51. The van der Waals surface area contributed by atoms with Crippen molar-refractivity contribution < 1.29 is 0 Å². The number of rotatable bonds is 2. The van der Waals surface area contributed by atoms with Gasteiger partial charge >= 0.3 is 0 Å². The number of anilines is 2. The van der Waals surface area contributed by atoms with Crippen molar-refractivity contribution in [1.82, 2.24) is 15.0 Å². The van der Waals surface area contributed by atoms with E-state index in [0.717, 1.165) is 11.2 Å². The molecule has 0 amide bonds. The minimum atomic E-state index is 0.609. The molecular weight excluding hydrogens is 200 g/mol. The van der Waals surface area contributed by atoms with E-state index in [-0.39, 0.29) is 0 Å². The maximum atomic E-state index is 4.11. The van der Waals surface area contributed by atoms with E-state index in [1.165, 1.54) is 5.39 Å². The maximum absolute atomic E-state index is 4.11. The van der Waals surface area contributed by atoms with Crippen molar-refractivity contribution in [2.24, 2.45) is 0 Å². The highest BCUT2D eigenvalue weighted by atomic mass is 15.1. The Hall–Kier alpha value is -2.36. The molecule has 0 saturated heterocycles. The first-order valence-corrected chi connectivity index (χ1v) is 5.03. The molecule has 4 heteroatoms. The highest BCUT2D eigenvalue weighted by Crippen LogP contribution is 2.19. The molecule has 0 unspecified atom stereocenters. The lowest BCUT2D eigenvalue weighted by atomic mass is 10.2. The van der Waals surface area contributed by atoms with Crippen LogP contribution in [-0.4, -0.2) is 15.0 Å². The zero-order chi connectivity index (χ0) is 10.8. The van der Waals surface area contributed by atoms with Crippen molar-refractivity contribution >= 4 is 22.5 Å². The topological polar surface area (TPSA) is 53.6 Å². The molecule has 2 heterocycles. The van der Waals surface area contributed by atoms with Gasteiger partial charge in [-0.3, -0.25) is 0 Å². The molecule has 0 aliphatic carbocycles. The van der Waals surface area contributed by atoms with Crippen LogP contribution >= 0.6 is 0 Å². The highest BCUT2D eigenvalue weighted by molar-refractivity contribution is 5.83. The van der Waals surface area contributed by atoms with Crippen LogP contribution in [0.15, 0.2) is 48.9 Å². The standard InChI is InChI=1S/C12H10N4/c1-5-14-12(15-6-1)16-10-2-3-11-9(8-10)4-7-13-11/h1-8,13H,(H,14,15,16). The first-order chi connectivity index (χ1) is 7.92. The van der Waals surface area contributed by atoms with Gasteiger partial charge in [0.1, 0.15) is 0 Å². The molecule has 78 valence electrons. The number of hydrogen-bond acceptors (Lipinski definition) is 3. The van der Waals surface area contributed by atoms with Gasteiger partial charge in [-0.05, 0) is 30.3 Å². The van der Waals surface area contributed by atoms with Crippen LogP contribution in [0.5, 0.6) is 0 Å². The molecule has 2 aromatic heterocycles. The van der Waals surface area contributed by atoms with E-state index in [9.17, 15) is 0 Å². The summed E-state index contributed by atoms with van der Waals surface area (Å²) in [5.74, 6) is 0.609. The van der Waals surface area contributed by atoms with Gasteiger partial charge in [0.2, 0.25) is 5.95 Å². The fourth-order valence-electron chi connectivity index (χ4n) is 1.62. The molecule has 0 radical (unpaired) electrons. The van der Waals surface area contributed by atoms with Crippen LogP contribution in [0.4, 0.5) is 11.6 Å². The molecule has 2 N–H and O–H groups in total. The molecule has 3 aromatic rings. The van der Waals surface area contributed by atoms with E-state index in [2.05, 4.69) is 26.3 Å². The van der Waals surface area contributed by atoms with E-state index in [1.807, 2.05) is 24.4 Å². The zero-order valence-corrected chi connectivity index (χ0v) is 8.51. The van der Waals surface area contributed by atoms with Crippen molar-refractivity contribution in [3.8, 4) is 0 Å². The molecule has 0 fully saturated rings. The Morgan fingerprint density at radius 1 is 1.06 bits per heavy atom. The Morgan fingerprint density at radius 3 is 2.81 bits per heavy atom. The fraction of sp³-hybridized carbons (Fsp3) is 0. The second-order valence-electron chi connectivity index (χ2n) is 3.48. The normalized spacial score (nSPS) is 10.5. The van der Waals surface area contributed by atoms with Gasteiger partial charge in [0.25, 0.3) is 0 Å². The second-order valence-corrected chi connectivity index (χ2v) is 3.48. The summed E-state index contributed by atoms with van der Waals surface area (Å²) in [5, 5.41) is 4.32. The minimum Gasteiger partial charge on any atom is -0.361 e. The summed E-state index contributed by atoms with van der Waals surface area (Å²) in [7, 11) is 0. The molecule has 0 atom stereocenters. The van der Waals surface area contributed by atoms with Gasteiger partial charge in [0.15, 0.2) is 0 Å². The molecule has 0 spiro atoms. The van der Waals surface area contributed by atoms with E-state index in [4.69, 9.17) is 0 Å². The first kappa shape index (κ1) is 8.91. The van der Waals surface area contributed by atoms with Crippen molar-refractivity contribution in [2.75, 3.05) is 5.32 Å². The van der Waals surface area contributed by atoms with Crippen molar-refractivity contribution in [1.29, 1.82) is 0 Å². The molecule has 16 heavy (non-hydrogen) atoms. The van der Waals surface area contributed by atoms with Crippen LogP contribution in [0.3, 0.4) is 0 Å². The molecule has 0 saturated carbocycles. The number of H-pyrrole nitrogens is 1. The van der Waals surface area contributed by atoms with E-state index in [1.54, 1.807) is 18.5 Å². The Bertz CT molecular complexity index is 600. The van der Waals surface area contributed by atoms with Gasteiger partial charge < -0.3 is 10.3 Å². The third-order valence-electron chi connectivity index (χ3n) is 2.38. The van der Waals surface area contributed by atoms with Gasteiger partial charge in [-0.25, -0.2) is 9.97 Å². The van der Waals surface area contributed by atoms with Crippen LogP contribution < -0.4 is 5.32 Å². The highest BCUT2D eigenvalue weighted by Gasteiger charge is 1.98. The monoisotopic (exact) mass is 210 g/mol. The summed E-state index contributed by atoms with van der Waals surface area (Å²) < 4.78 is 0. The predicted molar refractivity (Wildman–Crippen MR) is 63.6 cm³/mol. The Balaban J connectivity index is 1.94. The smallest absolute Gasteiger partial charge is 0.227 e. The largest absolute Gasteiger partial charge is 0.361 e. The van der Waals surface area contributed by atoms with E-state index < -0.39 is 0 Å². The second kappa shape index (κ2) is 3.66. The summed E-state index contributed by atoms with van der Waals surface area (Å²) in [6.45, 7) is 0. The predicted octanol–water partition coefficient (Wildman–Crippen LogP) is 2.70. The Morgan fingerprint density at radius 2 is 1.94 bits per heavy atom.